The van der Waals surface area contributed by atoms with Crippen molar-refractivity contribution in [2.45, 2.75) is 25.8 Å². The van der Waals surface area contributed by atoms with Gasteiger partial charge in [0.15, 0.2) is 0 Å². The molecule has 16 heavy (non-hydrogen) atoms. The molecule has 1 saturated heterocycles. The van der Waals surface area contributed by atoms with E-state index >= 15 is 0 Å². The highest BCUT2D eigenvalue weighted by molar-refractivity contribution is 5.08. The Hall–Kier alpha value is -0.380. The predicted molar refractivity (Wildman–Crippen MR) is 68.7 cm³/mol. The van der Waals surface area contributed by atoms with Crippen molar-refractivity contribution in [2.75, 3.05) is 46.3 Å². The molecule has 92 valence electrons. The molecule has 0 spiro atoms. The monoisotopic (exact) mass is 223 g/mol. The lowest BCUT2D eigenvalue weighted by molar-refractivity contribution is 0.207. The van der Waals surface area contributed by atoms with Gasteiger partial charge in [-0.3, -0.25) is 0 Å². The summed E-state index contributed by atoms with van der Waals surface area (Å²) in [4.78, 5) is 5.02. The van der Waals surface area contributed by atoms with Gasteiger partial charge in [0, 0.05) is 45.3 Å². The highest BCUT2D eigenvalue weighted by Gasteiger charge is 2.16. The topological polar surface area (TPSA) is 18.5 Å². The fraction of sp³-hybridized carbons (Fsp3) is 0.846. The number of likely N-dealkylation sites (N-methyl/N-ethyl adjacent to an activating group) is 1. The second-order valence-corrected chi connectivity index (χ2v) is 5.29. The Morgan fingerprint density at radius 2 is 2.31 bits per heavy atom. The van der Waals surface area contributed by atoms with Crippen LogP contribution in [-0.4, -0.2) is 62.2 Å². The van der Waals surface area contributed by atoms with Gasteiger partial charge in [-0.2, -0.15) is 0 Å². The molecule has 3 heteroatoms. The largest absolute Gasteiger partial charge is 0.312 e. The van der Waals surface area contributed by atoms with Gasteiger partial charge in [0.25, 0.3) is 0 Å². The van der Waals surface area contributed by atoms with Crippen LogP contribution in [0.4, 0.5) is 0 Å². The summed E-state index contributed by atoms with van der Waals surface area (Å²) in [6.45, 7) is 9.51. The number of nitrogens with zero attached hydrogens (tertiary/aromatic N) is 2. The average molecular weight is 223 g/mol. The van der Waals surface area contributed by atoms with Crippen molar-refractivity contribution in [1.82, 2.24) is 15.1 Å². The van der Waals surface area contributed by atoms with E-state index in [0.717, 1.165) is 6.54 Å². The summed E-state index contributed by atoms with van der Waals surface area (Å²) >= 11 is 0. The summed E-state index contributed by atoms with van der Waals surface area (Å²) < 4.78 is 0. The zero-order valence-electron chi connectivity index (χ0n) is 10.7. The van der Waals surface area contributed by atoms with Crippen LogP contribution in [0.1, 0.15) is 19.8 Å². The van der Waals surface area contributed by atoms with Gasteiger partial charge < -0.3 is 15.1 Å². The third-order valence-corrected chi connectivity index (χ3v) is 3.62. The molecule has 2 aliphatic heterocycles. The first-order valence-corrected chi connectivity index (χ1v) is 6.56. The van der Waals surface area contributed by atoms with Crippen LogP contribution in [-0.2, 0) is 0 Å². The van der Waals surface area contributed by atoms with E-state index in [4.69, 9.17) is 0 Å². The van der Waals surface area contributed by atoms with E-state index in [9.17, 15) is 0 Å². The van der Waals surface area contributed by atoms with Crippen molar-refractivity contribution in [3.63, 3.8) is 0 Å². The lowest BCUT2D eigenvalue weighted by Crippen LogP contribution is -2.49. The molecule has 0 bridgehead atoms. The minimum atomic E-state index is 0.664. The Bertz CT molecular complexity index is 250. The van der Waals surface area contributed by atoms with Gasteiger partial charge in [-0.15, -0.1) is 0 Å². The third kappa shape index (κ3) is 3.58. The van der Waals surface area contributed by atoms with E-state index in [1.54, 1.807) is 5.57 Å². The van der Waals surface area contributed by atoms with Crippen LogP contribution in [0.15, 0.2) is 11.6 Å². The predicted octanol–water partition coefficient (Wildman–Crippen LogP) is 0.932. The fourth-order valence-electron chi connectivity index (χ4n) is 2.68. The molecule has 0 saturated carbocycles. The summed E-state index contributed by atoms with van der Waals surface area (Å²) in [7, 11) is 2.22. The standard InChI is InChI=1S/C13H25N3/c1-12-10-16(9-6-14-12)8-5-13-4-3-7-15(2)11-13/h4,12,14H,3,5-11H2,1-2H3. The van der Waals surface area contributed by atoms with E-state index in [1.807, 2.05) is 0 Å². The SMILES string of the molecule is CC1CN(CCC2=CCCN(C)C2)CCN1. The van der Waals surface area contributed by atoms with Crippen molar-refractivity contribution in [3.8, 4) is 0 Å². The minimum absolute atomic E-state index is 0.664. The van der Waals surface area contributed by atoms with Gasteiger partial charge in [-0.05, 0) is 26.8 Å². The first-order valence-electron chi connectivity index (χ1n) is 6.56. The maximum absolute atomic E-state index is 3.49. The minimum Gasteiger partial charge on any atom is -0.312 e. The Labute approximate surface area is 99.5 Å². The van der Waals surface area contributed by atoms with E-state index in [0.29, 0.717) is 6.04 Å². The highest BCUT2D eigenvalue weighted by Crippen LogP contribution is 2.12. The quantitative estimate of drug-likeness (QED) is 0.718. The number of nitrogens with one attached hydrogen (secondary N) is 1. The van der Waals surface area contributed by atoms with Crippen molar-refractivity contribution in [3.05, 3.63) is 11.6 Å². The third-order valence-electron chi connectivity index (χ3n) is 3.62. The summed E-state index contributed by atoms with van der Waals surface area (Å²) in [5.41, 5.74) is 1.64. The van der Waals surface area contributed by atoms with Crippen molar-refractivity contribution in [1.29, 1.82) is 0 Å². The molecule has 1 unspecified atom stereocenters. The summed E-state index contributed by atoms with van der Waals surface area (Å²) in [5, 5.41) is 3.49. The lowest BCUT2D eigenvalue weighted by atomic mass is 10.1. The van der Waals surface area contributed by atoms with Crippen LogP contribution in [0, 0.1) is 0 Å². The molecule has 0 radical (unpaired) electrons. The van der Waals surface area contributed by atoms with Gasteiger partial charge in [-0.1, -0.05) is 11.6 Å². The Balaban J connectivity index is 1.72. The molecule has 0 aromatic carbocycles. The van der Waals surface area contributed by atoms with Crippen LogP contribution in [0.5, 0.6) is 0 Å². The van der Waals surface area contributed by atoms with Gasteiger partial charge in [0.1, 0.15) is 0 Å². The molecule has 0 amide bonds. The number of piperazine rings is 1. The normalized spacial score (nSPS) is 29.1. The first-order chi connectivity index (χ1) is 7.74. The summed E-state index contributed by atoms with van der Waals surface area (Å²) in [6.07, 6.45) is 4.95. The number of hydrogen-bond acceptors (Lipinski definition) is 3. The molecule has 1 N–H and O–H groups in total. The van der Waals surface area contributed by atoms with E-state index in [2.05, 4.69) is 35.2 Å². The summed E-state index contributed by atoms with van der Waals surface area (Å²) in [6, 6.07) is 0.664. The fourth-order valence-corrected chi connectivity index (χ4v) is 2.68. The Kier molecular flexibility index (Phi) is 4.38. The molecule has 2 rings (SSSR count). The van der Waals surface area contributed by atoms with Crippen LogP contribution in [0.25, 0.3) is 0 Å². The van der Waals surface area contributed by atoms with Gasteiger partial charge in [0.05, 0.1) is 0 Å². The van der Waals surface area contributed by atoms with Crippen LogP contribution in [0.3, 0.4) is 0 Å². The van der Waals surface area contributed by atoms with Crippen molar-refractivity contribution in [2.24, 2.45) is 0 Å². The molecule has 0 aromatic heterocycles. The highest BCUT2D eigenvalue weighted by atomic mass is 15.2. The average Bonchev–Trinajstić information content (AvgIpc) is 2.27. The maximum Gasteiger partial charge on any atom is 0.0190 e. The van der Waals surface area contributed by atoms with Crippen LogP contribution >= 0.6 is 0 Å². The smallest absolute Gasteiger partial charge is 0.0190 e. The molecule has 2 aliphatic rings. The second kappa shape index (κ2) is 5.80. The van der Waals surface area contributed by atoms with Crippen LogP contribution < -0.4 is 5.32 Å². The van der Waals surface area contributed by atoms with E-state index < -0.39 is 0 Å². The first kappa shape index (κ1) is 12.1. The number of rotatable bonds is 3. The molecule has 1 atom stereocenters. The van der Waals surface area contributed by atoms with Gasteiger partial charge in [0.2, 0.25) is 0 Å². The van der Waals surface area contributed by atoms with E-state index in [-0.39, 0.29) is 0 Å². The molecule has 2 heterocycles. The molecule has 3 nitrogen and oxygen atoms in total. The van der Waals surface area contributed by atoms with Gasteiger partial charge >= 0.3 is 0 Å². The molecular weight excluding hydrogens is 198 g/mol. The molecular formula is C13H25N3. The summed E-state index contributed by atoms with van der Waals surface area (Å²) in [5.74, 6) is 0. The van der Waals surface area contributed by atoms with E-state index in [1.165, 1.54) is 45.6 Å². The molecule has 0 aliphatic carbocycles. The lowest BCUT2D eigenvalue weighted by Gasteiger charge is -2.32. The Morgan fingerprint density at radius 1 is 1.44 bits per heavy atom. The van der Waals surface area contributed by atoms with Crippen molar-refractivity contribution >= 4 is 0 Å². The molecule has 1 fully saturated rings. The Morgan fingerprint density at radius 3 is 3.06 bits per heavy atom. The van der Waals surface area contributed by atoms with Crippen LogP contribution in [0.2, 0.25) is 0 Å². The van der Waals surface area contributed by atoms with Crippen molar-refractivity contribution < 1.29 is 0 Å². The zero-order valence-corrected chi connectivity index (χ0v) is 10.7. The number of hydrogen-bond donors (Lipinski definition) is 1. The molecule has 0 aromatic rings. The maximum atomic E-state index is 3.49. The second-order valence-electron chi connectivity index (χ2n) is 5.29. The van der Waals surface area contributed by atoms with Gasteiger partial charge in [-0.25, -0.2) is 0 Å². The zero-order chi connectivity index (χ0) is 11.4.